The molecule has 0 aromatic heterocycles. The van der Waals surface area contributed by atoms with Crippen LogP contribution in [0.15, 0.2) is 48.5 Å². The summed E-state index contributed by atoms with van der Waals surface area (Å²) < 4.78 is 31.2. The molecular formula is C26H36ClN3O5S. The molecule has 0 radical (unpaired) electrons. The fourth-order valence-electron chi connectivity index (χ4n) is 3.61. The van der Waals surface area contributed by atoms with Gasteiger partial charge in [-0.2, -0.15) is 0 Å². The average molecular weight is 538 g/mol. The van der Waals surface area contributed by atoms with Gasteiger partial charge in [-0.05, 0) is 62.6 Å². The van der Waals surface area contributed by atoms with Crippen LogP contribution in [0.5, 0.6) is 5.75 Å². The van der Waals surface area contributed by atoms with E-state index in [1.54, 1.807) is 50.4 Å². The molecule has 0 aliphatic rings. The number of methoxy groups -OCH3 is 1. The molecule has 2 aromatic rings. The molecular weight excluding hydrogens is 502 g/mol. The second kappa shape index (κ2) is 13.5. The number of benzene rings is 2. The summed E-state index contributed by atoms with van der Waals surface area (Å²) >= 11 is 6.04. The number of sulfonamides is 1. The van der Waals surface area contributed by atoms with Crippen molar-refractivity contribution >= 4 is 39.1 Å². The molecule has 0 heterocycles. The van der Waals surface area contributed by atoms with Gasteiger partial charge in [-0.25, -0.2) is 8.42 Å². The van der Waals surface area contributed by atoms with E-state index in [9.17, 15) is 18.0 Å². The van der Waals surface area contributed by atoms with Gasteiger partial charge in [0.2, 0.25) is 21.8 Å². The summed E-state index contributed by atoms with van der Waals surface area (Å²) in [6.45, 7) is 5.93. The molecule has 1 N–H and O–H groups in total. The number of carbonyl (C=O) groups excluding carboxylic acids is 2. The molecule has 0 saturated carbocycles. The number of ether oxygens (including phenoxy) is 1. The van der Waals surface area contributed by atoms with E-state index in [1.807, 2.05) is 26.0 Å². The SMILES string of the molecule is CCC(C)NC(=O)C(C)N(Cc1ccc(OC)cc1)C(=O)CCCN(c1cccc(Cl)c1)S(C)(=O)=O. The molecule has 0 spiro atoms. The highest BCUT2D eigenvalue weighted by Gasteiger charge is 2.27. The van der Waals surface area contributed by atoms with Crippen molar-refractivity contribution in [2.24, 2.45) is 0 Å². The Morgan fingerprint density at radius 2 is 1.78 bits per heavy atom. The number of carbonyl (C=O) groups is 2. The Hall–Kier alpha value is -2.78. The maximum atomic E-state index is 13.3. The summed E-state index contributed by atoms with van der Waals surface area (Å²) in [6.07, 6.45) is 2.24. The van der Waals surface area contributed by atoms with E-state index in [0.29, 0.717) is 16.5 Å². The van der Waals surface area contributed by atoms with Gasteiger partial charge in [0.25, 0.3) is 0 Å². The van der Waals surface area contributed by atoms with Crippen molar-refractivity contribution in [3.8, 4) is 5.75 Å². The zero-order chi connectivity index (χ0) is 26.9. The van der Waals surface area contributed by atoms with Gasteiger partial charge in [-0.1, -0.05) is 36.7 Å². The van der Waals surface area contributed by atoms with Crippen LogP contribution < -0.4 is 14.4 Å². The van der Waals surface area contributed by atoms with E-state index < -0.39 is 16.1 Å². The third kappa shape index (κ3) is 8.71. The second-order valence-corrected chi connectivity index (χ2v) is 11.1. The van der Waals surface area contributed by atoms with Crippen molar-refractivity contribution < 1.29 is 22.7 Å². The lowest BCUT2D eigenvalue weighted by Crippen LogP contribution is -2.49. The summed E-state index contributed by atoms with van der Waals surface area (Å²) in [6, 6.07) is 13.2. The Morgan fingerprint density at radius 3 is 2.33 bits per heavy atom. The molecule has 2 rings (SSSR count). The Kier molecular flexibility index (Phi) is 11.0. The fraction of sp³-hybridized carbons (Fsp3) is 0.462. The van der Waals surface area contributed by atoms with Crippen LogP contribution in [0.4, 0.5) is 5.69 Å². The van der Waals surface area contributed by atoms with Crippen LogP contribution in [0.3, 0.4) is 0 Å². The first-order chi connectivity index (χ1) is 17.0. The minimum Gasteiger partial charge on any atom is -0.497 e. The third-order valence-electron chi connectivity index (χ3n) is 5.93. The van der Waals surface area contributed by atoms with Gasteiger partial charge in [0.05, 0.1) is 19.1 Å². The predicted octanol–water partition coefficient (Wildman–Crippen LogP) is 4.23. The van der Waals surface area contributed by atoms with Gasteiger partial charge in [0, 0.05) is 30.6 Å². The van der Waals surface area contributed by atoms with Gasteiger partial charge in [-0.3, -0.25) is 13.9 Å². The Balaban J connectivity index is 2.18. The van der Waals surface area contributed by atoms with Crippen LogP contribution in [-0.4, -0.2) is 57.1 Å². The van der Waals surface area contributed by atoms with Crippen LogP contribution in [-0.2, 0) is 26.2 Å². The number of amides is 2. The second-order valence-electron chi connectivity index (χ2n) is 8.78. The summed E-state index contributed by atoms with van der Waals surface area (Å²) in [5, 5.41) is 3.36. The molecule has 2 unspecified atom stereocenters. The maximum Gasteiger partial charge on any atom is 0.242 e. The van der Waals surface area contributed by atoms with Crippen molar-refractivity contribution in [2.75, 3.05) is 24.2 Å². The molecule has 0 bridgehead atoms. The first-order valence-electron chi connectivity index (χ1n) is 11.9. The van der Waals surface area contributed by atoms with Crippen molar-refractivity contribution in [1.29, 1.82) is 0 Å². The van der Waals surface area contributed by atoms with Gasteiger partial charge in [0.1, 0.15) is 11.8 Å². The summed E-state index contributed by atoms with van der Waals surface area (Å²) in [7, 11) is -2.00. The normalized spacial score (nSPS) is 12.9. The van der Waals surface area contributed by atoms with Crippen LogP contribution in [0.1, 0.15) is 45.6 Å². The van der Waals surface area contributed by atoms with E-state index in [0.717, 1.165) is 18.2 Å². The minimum atomic E-state index is -3.58. The molecule has 2 aromatic carbocycles. The van der Waals surface area contributed by atoms with E-state index in [1.165, 1.54) is 9.21 Å². The highest BCUT2D eigenvalue weighted by molar-refractivity contribution is 7.92. The molecule has 36 heavy (non-hydrogen) atoms. The van der Waals surface area contributed by atoms with Crippen LogP contribution >= 0.6 is 11.6 Å². The molecule has 10 heteroatoms. The molecule has 8 nitrogen and oxygen atoms in total. The topological polar surface area (TPSA) is 96.0 Å². The van der Waals surface area contributed by atoms with Crippen LogP contribution in [0.25, 0.3) is 0 Å². The summed E-state index contributed by atoms with van der Waals surface area (Å²) in [5.74, 6) is 0.223. The molecule has 0 fully saturated rings. The smallest absolute Gasteiger partial charge is 0.242 e. The lowest BCUT2D eigenvalue weighted by atomic mass is 10.1. The number of nitrogens with zero attached hydrogens (tertiary/aromatic N) is 2. The van der Waals surface area contributed by atoms with Crippen molar-refractivity contribution in [3.05, 3.63) is 59.1 Å². The lowest BCUT2D eigenvalue weighted by Gasteiger charge is -2.30. The highest BCUT2D eigenvalue weighted by atomic mass is 35.5. The number of anilines is 1. The van der Waals surface area contributed by atoms with E-state index in [4.69, 9.17) is 16.3 Å². The van der Waals surface area contributed by atoms with E-state index >= 15 is 0 Å². The Morgan fingerprint density at radius 1 is 1.11 bits per heavy atom. The number of hydrogen-bond donors (Lipinski definition) is 1. The first-order valence-corrected chi connectivity index (χ1v) is 14.1. The van der Waals surface area contributed by atoms with Crippen molar-refractivity contribution in [2.45, 2.75) is 58.7 Å². The minimum absolute atomic E-state index is 0.0149. The number of halogens is 1. The first kappa shape index (κ1) is 29.5. The molecule has 0 aliphatic carbocycles. The predicted molar refractivity (Wildman–Crippen MR) is 144 cm³/mol. The molecule has 198 valence electrons. The fourth-order valence-corrected chi connectivity index (χ4v) is 4.75. The number of nitrogens with one attached hydrogen (secondary N) is 1. The Labute approximate surface area is 219 Å². The van der Waals surface area contributed by atoms with Crippen LogP contribution in [0.2, 0.25) is 5.02 Å². The highest BCUT2D eigenvalue weighted by Crippen LogP contribution is 2.23. The maximum absolute atomic E-state index is 13.3. The van der Waals surface area contributed by atoms with E-state index in [-0.39, 0.29) is 43.8 Å². The number of hydrogen-bond acceptors (Lipinski definition) is 5. The number of rotatable bonds is 13. The van der Waals surface area contributed by atoms with E-state index in [2.05, 4.69) is 5.32 Å². The summed E-state index contributed by atoms with van der Waals surface area (Å²) in [4.78, 5) is 27.7. The van der Waals surface area contributed by atoms with Gasteiger partial charge in [-0.15, -0.1) is 0 Å². The quantitative estimate of drug-likeness (QED) is 0.412. The summed E-state index contributed by atoms with van der Waals surface area (Å²) in [5.41, 5.74) is 1.29. The monoisotopic (exact) mass is 537 g/mol. The van der Waals surface area contributed by atoms with Gasteiger partial charge in [0.15, 0.2) is 0 Å². The zero-order valence-electron chi connectivity index (χ0n) is 21.5. The molecule has 2 atom stereocenters. The molecule has 0 saturated heterocycles. The lowest BCUT2D eigenvalue weighted by molar-refractivity contribution is -0.140. The third-order valence-corrected chi connectivity index (χ3v) is 7.36. The van der Waals surface area contributed by atoms with Gasteiger partial charge < -0.3 is 15.0 Å². The van der Waals surface area contributed by atoms with Crippen molar-refractivity contribution in [1.82, 2.24) is 10.2 Å². The Bertz CT molecular complexity index is 1120. The molecule has 0 aliphatic heterocycles. The largest absolute Gasteiger partial charge is 0.497 e. The zero-order valence-corrected chi connectivity index (χ0v) is 23.1. The molecule has 2 amide bonds. The van der Waals surface area contributed by atoms with Crippen LogP contribution in [0, 0.1) is 0 Å². The average Bonchev–Trinajstić information content (AvgIpc) is 2.84. The standard InChI is InChI=1S/C26H36ClN3O5S/c1-6-19(2)28-26(32)20(3)29(18-21-12-14-24(35-4)15-13-21)25(31)11-8-16-30(36(5,33)34)23-10-7-9-22(27)17-23/h7,9-10,12-15,17,19-20H,6,8,11,16,18H2,1-5H3,(H,28,32). The van der Waals surface area contributed by atoms with Crippen molar-refractivity contribution in [3.63, 3.8) is 0 Å². The van der Waals surface area contributed by atoms with Gasteiger partial charge >= 0.3 is 0 Å².